The molecule has 0 bridgehead atoms. The summed E-state index contributed by atoms with van der Waals surface area (Å²) in [5.74, 6) is 3.03. The quantitative estimate of drug-likeness (QED) is 0.689. The van der Waals surface area contributed by atoms with Gasteiger partial charge in [0, 0.05) is 19.7 Å². The highest BCUT2D eigenvalue weighted by Gasteiger charge is 2.04. The van der Waals surface area contributed by atoms with Gasteiger partial charge in [-0.15, -0.1) is 6.42 Å². The third kappa shape index (κ3) is 3.35. The van der Waals surface area contributed by atoms with Crippen molar-refractivity contribution in [2.75, 3.05) is 20.7 Å². The van der Waals surface area contributed by atoms with E-state index in [0.29, 0.717) is 5.75 Å². The summed E-state index contributed by atoms with van der Waals surface area (Å²) in [6.07, 6.45) is 5.24. The van der Waals surface area contributed by atoms with E-state index in [0.717, 1.165) is 5.56 Å². The zero-order chi connectivity index (χ0) is 11.3. The number of amides is 1. The summed E-state index contributed by atoms with van der Waals surface area (Å²) in [5.41, 5.74) is 0.741. The summed E-state index contributed by atoms with van der Waals surface area (Å²) in [4.78, 5) is 12.7. The Morgan fingerprint density at radius 1 is 1.53 bits per heavy atom. The largest absolute Gasteiger partial charge is 0.484 e. The topological polar surface area (TPSA) is 29.5 Å². The molecule has 3 heteroatoms. The first kappa shape index (κ1) is 11.1. The van der Waals surface area contributed by atoms with Gasteiger partial charge in [-0.25, -0.2) is 0 Å². The van der Waals surface area contributed by atoms with E-state index in [2.05, 4.69) is 5.92 Å². The molecule has 1 aromatic rings. The maximum Gasteiger partial charge on any atom is 0.259 e. The Morgan fingerprint density at radius 3 is 2.87 bits per heavy atom. The minimum Gasteiger partial charge on any atom is -0.484 e. The average Bonchev–Trinajstić information content (AvgIpc) is 2.26. The number of carbonyl (C=O) groups excluding carboxylic acids is 1. The van der Waals surface area contributed by atoms with Crippen molar-refractivity contribution < 1.29 is 9.53 Å². The van der Waals surface area contributed by atoms with Crippen LogP contribution in [0.4, 0.5) is 0 Å². The van der Waals surface area contributed by atoms with Crippen LogP contribution in [0.5, 0.6) is 5.75 Å². The lowest BCUT2D eigenvalue weighted by molar-refractivity contribution is -0.130. The van der Waals surface area contributed by atoms with Gasteiger partial charge in [0.15, 0.2) is 6.61 Å². The Kier molecular flexibility index (Phi) is 3.75. The molecule has 0 aliphatic heterocycles. The number of benzene rings is 1. The summed E-state index contributed by atoms with van der Waals surface area (Å²) in [5, 5.41) is 0. The molecular weight excluding hydrogens is 190 g/mol. The number of ether oxygens (including phenoxy) is 1. The first-order chi connectivity index (χ1) is 7.13. The molecule has 0 heterocycles. The lowest BCUT2D eigenvalue weighted by atomic mass is 10.2. The van der Waals surface area contributed by atoms with E-state index in [9.17, 15) is 4.79 Å². The Labute approximate surface area is 89.7 Å². The predicted molar refractivity (Wildman–Crippen MR) is 58.6 cm³/mol. The normalized spacial score (nSPS) is 9.13. The second kappa shape index (κ2) is 5.06. The minimum absolute atomic E-state index is 0.0288. The van der Waals surface area contributed by atoms with Crippen molar-refractivity contribution >= 4 is 5.91 Å². The van der Waals surface area contributed by atoms with Crippen LogP contribution < -0.4 is 4.74 Å². The van der Waals surface area contributed by atoms with Crippen molar-refractivity contribution in [1.29, 1.82) is 0 Å². The summed E-state index contributed by atoms with van der Waals surface area (Å²) >= 11 is 0. The lowest BCUT2D eigenvalue weighted by Crippen LogP contribution is -2.27. The predicted octanol–water partition coefficient (Wildman–Crippen LogP) is 1.13. The summed E-state index contributed by atoms with van der Waals surface area (Å²) < 4.78 is 5.28. The summed E-state index contributed by atoms with van der Waals surface area (Å²) in [7, 11) is 3.37. The third-order valence-corrected chi connectivity index (χ3v) is 1.86. The Hall–Kier alpha value is -1.95. The van der Waals surface area contributed by atoms with Crippen molar-refractivity contribution in [3.63, 3.8) is 0 Å². The van der Waals surface area contributed by atoms with Crippen molar-refractivity contribution in [1.82, 2.24) is 4.90 Å². The van der Waals surface area contributed by atoms with E-state index in [-0.39, 0.29) is 12.5 Å². The maximum absolute atomic E-state index is 11.2. The molecule has 1 amide bonds. The molecule has 0 fully saturated rings. The number of terminal acetylenes is 1. The average molecular weight is 203 g/mol. The zero-order valence-electron chi connectivity index (χ0n) is 8.86. The van der Waals surface area contributed by atoms with Crippen LogP contribution in [0.15, 0.2) is 24.3 Å². The van der Waals surface area contributed by atoms with Gasteiger partial charge in [-0.1, -0.05) is 12.0 Å². The fourth-order valence-corrected chi connectivity index (χ4v) is 0.950. The van der Waals surface area contributed by atoms with Gasteiger partial charge in [-0.2, -0.15) is 0 Å². The molecule has 0 unspecified atom stereocenters. The number of nitrogens with zero attached hydrogens (tertiary/aromatic N) is 1. The Morgan fingerprint density at radius 2 is 2.27 bits per heavy atom. The van der Waals surface area contributed by atoms with Crippen molar-refractivity contribution in [2.45, 2.75) is 0 Å². The van der Waals surface area contributed by atoms with Gasteiger partial charge in [0.2, 0.25) is 0 Å². The van der Waals surface area contributed by atoms with Crippen molar-refractivity contribution in [3.05, 3.63) is 29.8 Å². The van der Waals surface area contributed by atoms with Gasteiger partial charge in [0.1, 0.15) is 5.75 Å². The van der Waals surface area contributed by atoms with E-state index in [1.54, 1.807) is 38.4 Å². The summed E-state index contributed by atoms with van der Waals surface area (Å²) in [6, 6.07) is 7.10. The van der Waals surface area contributed by atoms with E-state index >= 15 is 0 Å². The molecule has 0 saturated heterocycles. The lowest BCUT2D eigenvalue weighted by Gasteiger charge is -2.11. The van der Waals surface area contributed by atoms with Crippen LogP contribution >= 0.6 is 0 Å². The molecule has 15 heavy (non-hydrogen) atoms. The fourth-order valence-electron chi connectivity index (χ4n) is 0.950. The number of rotatable bonds is 3. The third-order valence-electron chi connectivity index (χ3n) is 1.86. The molecular formula is C12H13NO2. The Balaban J connectivity index is 2.59. The molecule has 0 saturated carbocycles. The minimum atomic E-state index is -0.0823. The number of hydrogen-bond donors (Lipinski definition) is 0. The molecule has 0 N–H and O–H groups in total. The fraction of sp³-hybridized carbons (Fsp3) is 0.250. The van der Waals surface area contributed by atoms with Crippen LogP contribution in [-0.2, 0) is 4.79 Å². The van der Waals surface area contributed by atoms with E-state index in [1.807, 2.05) is 0 Å². The highest BCUT2D eigenvalue weighted by atomic mass is 16.5. The number of hydrogen-bond acceptors (Lipinski definition) is 2. The van der Waals surface area contributed by atoms with Crippen LogP contribution in [0.25, 0.3) is 0 Å². The van der Waals surface area contributed by atoms with Gasteiger partial charge >= 0.3 is 0 Å². The number of likely N-dealkylation sites (N-methyl/N-ethyl adjacent to an activating group) is 1. The molecule has 0 aromatic heterocycles. The van der Waals surface area contributed by atoms with Crippen LogP contribution in [0.2, 0.25) is 0 Å². The first-order valence-electron chi connectivity index (χ1n) is 4.53. The highest BCUT2D eigenvalue weighted by molar-refractivity contribution is 5.77. The summed E-state index contributed by atoms with van der Waals surface area (Å²) in [6.45, 7) is 0.0288. The van der Waals surface area contributed by atoms with Gasteiger partial charge < -0.3 is 9.64 Å². The van der Waals surface area contributed by atoms with Gasteiger partial charge in [0.25, 0.3) is 5.91 Å². The van der Waals surface area contributed by atoms with E-state index < -0.39 is 0 Å². The molecule has 3 nitrogen and oxygen atoms in total. The van der Waals surface area contributed by atoms with Gasteiger partial charge in [-0.05, 0) is 18.2 Å². The highest BCUT2D eigenvalue weighted by Crippen LogP contribution is 2.12. The molecule has 0 aliphatic rings. The molecule has 78 valence electrons. The second-order valence-electron chi connectivity index (χ2n) is 3.25. The van der Waals surface area contributed by atoms with Crippen LogP contribution in [0.1, 0.15) is 5.56 Å². The van der Waals surface area contributed by atoms with Crippen molar-refractivity contribution in [2.24, 2.45) is 0 Å². The van der Waals surface area contributed by atoms with Gasteiger partial charge in [0.05, 0.1) is 0 Å². The van der Waals surface area contributed by atoms with Crippen molar-refractivity contribution in [3.8, 4) is 18.1 Å². The standard InChI is InChI=1S/C12H13NO2/c1-4-10-6-5-7-11(8-10)15-9-12(14)13(2)3/h1,5-8H,9H2,2-3H3. The SMILES string of the molecule is C#Cc1cccc(OCC(=O)N(C)C)c1. The number of carbonyl (C=O) groups is 1. The van der Waals surface area contributed by atoms with E-state index in [1.165, 1.54) is 4.90 Å². The molecule has 0 atom stereocenters. The second-order valence-corrected chi connectivity index (χ2v) is 3.25. The van der Waals surface area contributed by atoms with Crippen LogP contribution in [0.3, 0.4) is 0 Å². The molecule has 0 aliphatic carbocycles. The first-order valence-corrected chi connectivity index (χ1v) is 4.53. The Bertz CT molecular complexity index is 391. The molecule has 1 rings (SSSR count). The molecule has 0 radical (unpaired) electrons. The zero-order valence-corrected chi connectivity index (χ0v) is 8.86. The van der Waals surface area contributed by atoms with E-state index in [4.69, 9.17) is 11.2 Å². The maximum atomic E-state index is 11.2. The monoisotopic (exact) mass is 203 g/mol. The smallest absolute Gasteiger partial charge is 0.259 e. The molecule has 1 aromatic carbocycles. The molecule has 0 spiro atoms. The van der Waals surface area contributed by atoms with Gasteiger partial charge in [-0.3, -0.25) is 4.79 Å². The van der Waals surface area contributed by atoms with Crippen LogP contribution in [0, 0.1) is 12.3 Å². The van der Waals surface area contributed by atoms with Crippen LogP contribution in [-0.4, -0.2) is 31.5 Å².